The lowest BCUT2D eigenvalue weighted by Crippen LogP contribution is -2.41. The fraction of sp³-hybridized carbons (Fsp3) is 0.364. The van der Waals surface area contributed by atoms with Crippen LogP contribution in [0.3, 0.4) is 0 Å². The smallest absolute Gasteiger partial charge is 0.323 e. The number of carbonyl (C=O) groups is 2. The molecule has 0 heterocycles. The van der Waals surface area contributed by atoms with Gasteiger partial charge in [-0.1, -0.05) is 37.5 Å². The van der Waals surface area contributed by atoms with Gasteiger partial charge in [0.25, 0.3) is 5.91 Å². The Morgan fingerprint density at radius 2 is 1.48 bits per heavy atom. The van der Waals surface area contributed by atoms with Gasteiger partial charge in [-0.2, -0.15) is 0 Å². The van der Waals surface area contributed by atoms with Gasteiger partial charge >= 0.3 is 6.03 Å². The van der Waals surface area contributed by atoms with Crippen LogP contribution in [0.4, 0.5) is 16.2 Å². The minimum absolute atomic E-state index is 0.0738. The van der Waals surface area contributed by atoms with Gasteiger partial charge in [0.2, 0.25) is 0 Å². The highest BCUT2D eigenvalue weighted by Gasteiger charge is 2.24. The first kappa shape index (κ1) is 19.0. The third kappa shape index (κ3) is 5.09. The Labute approximate surface area is 160 Å². The van der Waals surface area contributed by atoms with Crippen molar-refractivity contribution in [2.75, 3.05) is 17.2 Å². The summed E-state index contributed by atoms with van der Waals surface area (Å²) in [5.74, 6) is 0.0738. The van der Waals surface area contributed by atoms with Crippen LogP contribution < -0.4 is 10.6 Å². The lowest BCUT2D eigenvalue weighted by atomic mass is 9.93. The second kappa shape index (κ2) is 9.21. The number of urea groups is 1. The van der Waals surface area contributed by atoms with Gasteiger partial charge in [-0.3, -0.25) is 4.79 Å². The topological polar surface area (TPSA) is 61.4 Å². The Bertz CT molecular complexity index is 753. The molecule has 2 N–H and O–H groups in total. The van der Waals surface area contributed by atoms with Crippen LogP contribution >= 0.6 is 0 Å². The van der Waals surface area contributed by atoms with Crippen molar-refractivity contribution in [3.63, 3.8) is 0 Å². The summed E-state index contributed by atoms with van der Waals surface area (Å²) in [5, 5.41) is 5.56. The van der Waals surface area contributed by atoms with Gasteiger partial charge in [0.15, 0.2) is 0 Å². The summed E-state index contributed by atoms with van der Waals surface area (Å²) < 4.78 is 0. The number of para-hydroxylation sites is 1. The van der Waals surface area contributed by atoms with Crippen LogP contribution in [-0.4, -0.2) is 29.4 Å². The number of benzene rings is 2. The molecule has 0 unspecified atom stereocenters. The molecule has 1 saturated carbocycles. The zero-order valence-corrected chi connectivity index (χ0v) is 15.8. The van der Waals surface area contributed by atoms with E-state index >= 15 is 0 Å². The van der Waals surface area contributed by atoms with Crippen molar-refractivity contribution in [2.45, 2.75) is 45.1 Å². The number of nitrogens with one attached hydrogen (secondary N) is 2. The van der Waals surface area contributed by atoms with E-state index in [2.05, 4.69) is 10.6 Å². The number of hydrogen-bond donors (Lipinski definition) is 2. The van der Waals surface area contributed by atoms with Gasteiger partial charge in [-0.15, -0.1) is 0 Å². The first-order valence-corrected chi connectivity index (χ1v) is 9.71. The maximum Gasteiger partial charge on any atom is 0.323 e. The van der Waals surface area contributed by atoms with E-state index in [9.17, 15) is 9.59 Å². The molecule has 1 aliphatic rings. The quantitative estimate of drug-likeness (QED) is 0.772. The number of rotatable bonds is 5. The minimum atomic E-state index is -0.308. The van der Waals surface area contributed by atoms with Gasteiger partial charge in [0, 0.05) is 29.5 Å². The summed E-state index contributed by atoms with van der Waals surface area (Å²) in [7, 11) is 0. The Hall–Kier alpha value is -2.82. The maximum absolute atomic E-state index is 12.9. The molecule has 1 aliphatic carbocycles. The minimum Gasteiger partial charge on any atom is -0.336 e. The third-order valence-electron chi connectivity index (χ3n) is 5.04. The molecule has 0 aliphatic heterocycles. The molecule has 27 heavy (non-hydrogen) atoms. The molecule has 0 radical (unpaired) electrons. The van der Waals surface area contributed by atoms with Crippen molar-refractivity contribution in [1.29, 1.82) is 0 Å². The fourth-order valence-electron chi connectivity index (χ4n) is 3.64. The average molecular weight is 365 g/mol. The lowest BCUT2D eigenvalue weighted by molar-refractivity contribution is 0.0648. The molecule has 0 atom stereocenters. The summed E-state index contributed by atoms with van der Waals surface area (Å²) in [4.78, 5) is 26.9. The molecule has 2 aromatic rings. The van der Waals surface area contributed by atoms with E-state index in [1.54, 1.807) is 24.3 Å². The normalized spacial score (nSPS) is 14.4. The van der Waals surface area contributed by atoms with Crippen molar-refractivity contribution >= 4 is 23.3 Å². The Morgan fingerprint density at radius 3 is 2.07 bits per heavy atom. The van der Waals surface area contributed by atoms with Crippen LogP contribution in [-0.2, 0) is 0 Å². The predicted octanol–water partition coefficient (Wildman–Crippen LogP) is 5.13. The second-order valence-corrected chi connectivity index (χ2v) is 6.91. The van der Waals surface area contributed by atoms with E-state index < -0.39 is 0 Å². The molecule has 5 nitrogen and oxygen atoms in total. The number of hydrogen-bond acceptors (Lipinski definition) is 2. The molecule has 2 aromatic carbocycles. The highest BCUT2D eigenvalue weighted by molar-refractivity contribution is 6.00. The molecular formula is C22H27N3O2. The van der Waals surface area contributed by atoms with Gasteiger partial charge in [-0.25, -0.2) is 4.79 Å². The lowest BCUT2D eigenvalue weighted by Gasteiger charge is -2.33. The van der Waals surface area contributed by atoms with Gasteiger partial charge in [-0.05, 0) is 56.2 Å². The molecule has 5 heteroatoms. The van der Waals surface area contributed by atoms with Crippen molar-refractivity contribution in [1.82, 2.24) is 4.90 Å². The molecule has 3 rings (SSSR count). The first-order chi connectivity index (χ1) is 13.2. The average Bonchev–Trinajstić information content (AvgIpc) is 2.70. The molecule has 3 amide bonds. The molecule has 142 valence electrons. The second-order valence-electron chi connectivity index (χ2n) is 6.91. The van der Waals surface area contributed by atoms with E-state index in [0.717, 1.165) is 25.1 Å². The monoisotopic (exact) mass is 365 g/mol. The summed E-state index contributed by atoms with van der Waals surface area (Å²) in [6, 6.07) is 16.4. The summed E-state index contributed by atoms with van der Waals surface area (Å²) in [6.07, 6.45) is 5.87. The molecule has 0 saturated heterocycles. The van der Waals surface area contributed by atoms with Crippen molar-refractivity contribution in [3.8, 4) is 0 Å². The van der Waals surface area contributed by atoms with E-state index in [1.165, 1.54) is 19.3 Å². The number of amides is 3. The standard InChI is InChI=1S/C22H27N3O2/c1-2-25(20-11-7-4-8-12-20)21(26)17-13-15-19(16-14-17)24-22(27)23-18-9-5-3-6-10-18/h3,5-6,9-10,13-16,20H,2,4,7-8,11-12H2,1H3,(H2,23,24,27). The Kier molecular flexibility index (Phi) is 6.47. The Morgan fingerprint density at radius 1 is 0.889 bits per heavy atom. The van der Waals surface area contributed by atoms with Gasteiger partial charge in [0.05, 0.1) is 0 Å². The summed E-state index contributed by atoms with van der Waals surface area (Å²) >= 11 is 0. The molecule has 0 aromatic heterocycles. The molecule has 0 spiro atoms. The van der Waals surface area contributed by atoms with Crippen molar-refractivity contribution < 1.29 is 9.59 Å². The van der Waals surface area contributed by atoms with Crippen LogP contribution in [0.15, 0.2) is 54.6 Å². The zero-order valence-electron chi connectivity index (χ0n) is 15.8. The first-order valence-electron chi connectivity index (χ1n) is 9.71. The van der Waals surface area contributed by atoms with Gasteiger partial charge < -0.3 is 15.5 Å². The van der Waals surface area contributed by atoms with E-state index in [0.29, 0.717) is 17.3 Å². The Balaban J connectivity index is 1.60. The van der Waals surface area contributed by atoms with E-state index in [1.807, 2.05) is 42.2 Å². The SMILES string of the molecule is CCN(C(=O)c1ccc(NC(=O)Nc2ccccc2)cc1)C1CCCCC1. The zero-order chi connectivity index (χ0) is 19.1. The van der Waals surface area contributed by atoms with E-state index in [-0.39, 0.29) is 11.9 Å². The molecule has 1 fully saturated rings. The highest BCUT2D eigenvalue weighted by Crippen LogP contribution is 2.24. The van der Waals surface area contributed by atoms with Crippen LogP contribution in [0.5, 0.6) is 0 Å². The van der Waals surface area contributed by atoms with Crippen molar-refractivity contribution in [2.24, 2.45) is 0 Å². The van der Waals surface area contributed by atoms with Gasteiger partial charge in [0.1, 0.15) is 0 Å². The highest BCUT2D eigenvalue weighted by atomic mass is 16.2. The van der Waals surface area contributed by atoms with Crippen LogP contribution in [0.25, 0.3) is 0 Å². The summed E-state index contributed by atoms with van der Waals surface area (Å²) in [5.41, 5.74) is 2.05. The van der Waals surface area contributed by atoms with Crippen molar-refractivity contribution in [3.05, 3.63) is 60.2 Å². The number of anilines is 2. The fourth-order valence-corrected chi connectivity index (χ4v) is 3.64. The third-order valence-corrected chi connectivity index (χ3v) is 5.04. The van der Waals surface area contributed by atoms with Crippen LogP contribution in [0.2, 0.25) is 0 Å². The molecular weight excluding hydrogens is 338 g/mol. The summed E-state index contributed by atoms with van der Waals surface area (Å²) in [6.45, 7) is 2.76. The maximum atomic E-state index is 12.9. The number of nitrogens with zero attached hydrogens (tertiary/aromatic N) is 1. The number of carbonyl (C=O) groups excluding carboxylic acids is 2. The predicted molar refractivity (Wildman–Crippen MR) is 109 cm³/mol. The van der Waals surface area contributed by atoms with E-state index in [4.69, 9.17) is 0 Å². The van der Waals surface area contributed by atoms with Crippen LogP contribution in [0.1, 0.15) is 49.4 Å². The van der Waals surface area contributed by atoms with Crippen LogP contribution in [0, 0.1) is 0 Å². The largest absolute Gasteiger partial charge is 0.336 e. The molecule has 0 bridgehead atoms.